The number of fused-ring (bicyclic) bond motifs is 2. The third kappa shape index (κ3) is 1.91. The molecule has 0 fully saturated rings. The fraction of sp³-hybridized carbons (Fsp3) is 0.118. The minimum Gasteiger partial charge on any atom is -0.493 e. The molecule has 0 amide bonds. The van der Waals surface area contributed by atoms with E-state index in [0.29, 0.717) is 23.7 Å². The van der Waals surface area contributed by atoms with Crippen molar-refractivity contribution in [3.63, 3.8) is 0 Å². The van der Waals surface area contributed by atoms with Gasteiger partial charge in [-0.15, -0.1) is 0 Å². The molecule has 2 aliphatic heterocycles. The van der Waals surface area contributed by atoms with Crippen LogP contribution in [-0.2, 0) is 0 Å². The van der Waals surface area contributed by atoms with Gasteiger partial charge in [-0.2, -0.15) is 0 Å². The zero-order valence-electron chi connectivity index (χ0n) is 12.6. The lowest BCUT2D eigenvalue weighted by Crippen LogP contribution is -2.49. The van der Waals surface area contributed by atoms with E-state index in [1.165, 1.54) is 12.4 Å². The van der Waals surface area contributed by atoms with Gasteiger partial charge in [0.1, 0.15) is 12.0 Å². The lowest BCUT2D eigenvalue weighted by molar-refractivity contribution is -0.356. The molecule has 2 aromatic rings. The van der Waals surface area contributed by atoms with Crippen molar-refractivity contribution in [2.45, 2.75) is 6.92 Å². The number of nitrogens with zero attached hydrogens (tertiary/aromatic N) is 2. The molecule has 2 aliphatic rings. The quantitative estimate of drug-likeness (QED) is 0.793. The van der Waals surface area contributed by atoms with E-state index < -0.39 is 6.97 Å². The zero-order chi connectivity index (χ0) is 16.0. The lowest BCUT2D eigenvalue weighted by atomic mass is 9.86. The summed E-state index contributed by atoms with van der Waals surface area (Å²) in [6.07, 6.45) is 6.24. The van der Waals surface area contributed by atoms with Crippen LogP contribution >= 0.6 is 0 Å². The summed E-state index contributed by atoms with van der Waals surface area (Å²) in [5, 5.41) is 0. The SMILES string of the molecule is CCOc1ccccc1C1=C2C=CC=[N+]2[B-](F)(F)n2cccc21. The number of halogens is 2. The summed E-state index contributed by atoms with van der Waals surface area (Å²) in [7, 11) is 0. The van der Waals surface area contributed by atoms with Gasteiger partial charge in [0.05, 0.1) is 12.2 Å². The first-order valence-electron chi connectivity index (χ1n) is 7.60. The largest absolute Gasteiger partial charge is 0.737 e. The standard InChI is InChI=1S/C17H15BF2N2O/c1-2-23-16-10-4-3-7-13(16)17-14-8-5-11-21(14)18(19,20)22-12-6-9-15(17)22/h3-12H,2H2,1H3. The number of hydrogen-bond acceptors (Lipinski definition) is 1. The highest BCUT2D eigenvalue weighted by molar-refractivity contribution is 6.57. The Morgan fingerprint density at radius 2 is 2.00 bits per heavy atom. The van der Waals surface area contributed by atoms with Gasteiger partial charge in [0.15, 0.2) is 5.70 Å². The summed E-state index contributed by atoms with van der Waals surface area (Å²) in [6.45, 7) is -1.43. The summed E-state index contributed by atoms with van der Waals surface area (Å²) < 4.78 is 37.3. The highest BCUT2D eigenvalue weighted by atomic mass is 19.2. The van der Waals surface area contributed by atoms with Gasteiger partial charge in [0.2, 0.25) is 0 Å². The van der Waals surface area contributed by atoms with Crippen molar-refractivity contribution < 1.29 is 17.9 Å². The third-order valence-corrected chi connectivity index (χ3v) is 4.20. The molecule has 3 nitrogen and oxygen atoms in total. The number of hydrogen-bond donors (Lipinski definition) is 0. The molecular weight excluding hydrogens is 297 g/mol. The number of aromatic nitrogens is 1. The van der Waals surface area contributed by atoms with E-state index in [-0.39, 0.29) is 0 Å². The fourth-order valence-electron chi connectivity index (χ4n) is 3.25. The second-order valence-electron chi connectivity index (χ2n) is 5.49. The van der Waals surface area contributed by atoms with E-state index in [0.717, 1.165) is 20.1 Å². The van der Waals surface area contributed by atoms with Crippen LogP contribution in [0.25, 0.3) is 5.57 Å². The second kappa shape index (κ2) is 4.94. The van der Waals surface area contributed by atoms with Gasteiger partial charge < -0.3 is 22.3 Å². The van der Waals surface area contributed by atoms with Gasteiger partial charge >= 0.3 is 6.97 Å². The topological polar surface area (TPSA) is 17.2 Å². The Bertz CT molecular complexity index is 880. The monoisotopic (exact) mass is 312 g/mol. The smallest absolute Gasteiger partial charge is 0.493 e. The van der Waals surface area contributed by atoms with Crippen LogP contribution in [0.5, 0.6) is 5.75 Å². The van der Waals surface area contributed by atoms with Crippen molar-refractivity contribution in [1.29, 1.82) is 0 Å². The highest BCUT2D eigenvalue weighted by Crippen LogP contribution is 2.41. The van der Waals surface area contributed by atoms with Gasteiger partial charge in [0, 0.05) is 23.4 Å². The van der Waals surface area contributed by atoms with Gasteiger partial charge in [-0.3, -0.25) is 0 Å². The summed E-state index contributed by atoms with van der Waals surface area (Å²) in [6, 6.07) is 10.9. The number of benzene rings is 1. The van der Waals surface area contributed by atoms with Gasteiger partial charge in [0.25, 0.3) is 0 Å². The number of ether oxygens (including phenoxy) is 1. The Morgan fingerprint density at radius 1 is 1.17 bits per heavy atom. The molecule has 23 heavy (non-hydrogen) atoms. The molecule has 0 unspecified atom stereocenters. The van der Waals surface area contributed by atoms with Crippen LogP contribution in [0.2, 0.25) is 0 Å². The van der Waals surface area contributed by atoms with Gasteiger partial charge in [-0.25, -0.2) is 0 Å². The minimum absolute atomic E-state index is 0.508. The summed E-state index contributed by atoms with van der Waals surface area (Å²) >= 11 is 0. The number of allylic oxidation sites excluding steroid dienone is 2. The molecule has 0 saturated heterocycles. The molecule has 1 aromatic carbocycles. The van der Waals surface area contributed by atoms with Crippen LogP contribution in [0.1, 0.15) is 18.2 Å². The van der Waals surface area contributed by atoms with Crippen molar-refractivity contribution in [2.24, 2.45) is 0 Å². The predicted octanol–water partition coefficient (Wildman–Crippen LogP) is 3.54. The molecule has 6 heteroatoms. The molecule has 0 radical (unpaired) electrons. The Balaban J connectivity index is 2.02. The van der Waals surface area contributed by atoms with Gasteiger partial charge in [-0.1, -0.05) is 18.2 Å². The Hall–Kier alpha value is -2.63. The molecule has 0 saturated carbocycles. The molecular formula is C17H15BF2N2O. The number of para-hydroxylation sites is 1. The summed E-state index contributed by atoms with van der Waals surface area (Å²) in [4.78, 5) is 0. The molecule has 0 bridgehead atoms. The maximum absolute atomic E-state index is 14.7. The molecule has 1 aromatic heterocycles. The van der Waals surface area contributed by atoms with Crippen LogP contribution in [0, 0.1) is 0 Å². The summed E-state index contributed by atoms with van der Waals surface area (Å²) in [5.41, 5.74) is 2.60. The maximum atomic E-state index is 14.7. The first kappa shape index (κ1) is 14.0. The van der Waals surface area contributed by atoms with Crippen LogP contribution in [0.4, 0.5) is 8.63 Å². The van der Waals surface area contributed by atoms with Crippen molar-refractivity contribution in [2.75, 3.05) is 6.61 Å². The first-order chi connectivity index (χ1) is 11.1. The Labute approximate surface area is 132 Å². The number of rotatable bonds is 3. The maximum Gasteiger partial charge on any atom is 0.737 e. The first-order valence-corrected chi connectivity index (χ1v) is 7.60. The zero-order valence-corrected chi connectivity index (χ0v) is 12.6. The third-order valence-electron chi connectivity index (χ3n) is 4.20. The Morgan fingerprint density at radius 3 is 2.83 bits per heavy atom. The van der Waals surface area contributed by atoms with E-state index in [4.69, 9.17) is 4.74 Å². The average Bonchev–Trinajstić information content (AvgIpc) is 3.19. The van der Waals surface area contributed by atoms with E-state index in [2.05, 4.69) is 0 Å². The lowest BCUT2D eigenvalue weighted by Gasteiger charge is -2.31. The molecule has 0 atom stereocenters. The molecule has 3 heterocycles. The van der Waals surface area contributed by atoms with Crippen molar-refractivity contribution in [3.8, 4) is 5.75 Å². The van der Waals surface area contributed by atoms with Crippen molar-refractivity contribution in [1.82, 2.24) is 4.48 Å². The molecule has 0 spiro atoms. The van der Waals surface area contributed by atoms with Crippen LogP contribution in [-0.4, -0.2) is 28.8 Å². The van der Waals surface area contributed by atoms with E-state index >= 15 is 0 Å². The summed E-state index contributed by atoms with van der Waals surface area (Å²) in [5.74, 6) is 0.697. The van der Waals surface area contributed by atoms with E-state index in [9.17, 15) is 8.63 Å². The van der Waals surface area contributed by atoms with Crippen LogP contribution < -0.4 is 4.74 Å². The second-order valence-corrected chi connectivity index (χ2v) is 5.49. The predicted molar refractivity (Wildman–Crippen MR) is 86.9 cm³/mol. The van der Waals surface area contributed by atoms with E-state index in [1.807, 2.05) is 31.2 Å². The van der Waals surface area contributed by atoms with Crippen LogP contribution in [0.3, 0.4) is 0 Å². The van der Waals surface area contributed by atoms with E-state index in [1.54, 1.807) is 24.3 Å². The molecule has 0 aliphatic carbocycles. The van der Waals surface area contributed by atoms with Gasteiger partial charge in [-0.05, 0) is 31.3 Å². The Kier molecular flexibility index (Phi) is 3.01. The highest BCUT2D eigenvalue weighted by Gasteiger charge is 2.51. The molecule has 116 valence electrons. The minimum atomic E-state index is -3.86. The van der Waals surface area contributed by atoms with Crippen molar-refractivity contribution in [3.05, 3.63) is 71.7 Å². The fourth-order valence-corrected chi connectivity index (χ4v) is 3.25. The van der Waals surface area contributed by atoms with Crippen molar-refractivity contribution >= 4 is 18.8 Å². The average molecular weight is 312 g/mol. The molecule has 4 rings (SSSR count). The molecule has 0 N–H and O–H groups in total. The van der Waals surface area contributed by atoms with Crippen LogP contribution in [0.15, 0.2) is 60.4 Å². The normalized spacial score (nSPS) is 17.8.